The highest BCUT2D eigenvalue weighted by molar-refractivity contribution is 8.13. The fourth-order valence-electron chi connectivity index (χ4n) is 2.17. The summed E-state index contributed by atoms with van der Waals surface area (Å²) in [4.78, 5) is 25.5. The van der Waals surface area contributed by atoms with E-state index in [9.17, 15) is 9.59 Å². The van der Waals surface area contributed by atoms with Crippen LogP contribution in [0.2, 0.25) is 0 Å². The molecule has 0 atom stereocenters. The van der Waals surface area contributed by atoms with Crippen molar-refractivity contribution in [2.24, 2.45) is 5.73 Å². The summed E-state index contributed by atoms with van der Waals surface area (Å²) >= 11 is 1.32. The van der Waals surface area contributed by atoms with Crippen LogP contribution in [0.1, 0.15) is 40.0 Å². The Morgan fingerprint density at radius 3 is 2.25 bits per heavy atom. The van der Waals surface area contributed by atoms with E-state index in [0.29, 0.717) is 17.7 Å². The molecule has 1 aromatic carbocycles. The van der Waals surface area contributed by atoms with Crippen molar-refractivity contribution in [3.63, 3.8) is 0 Å². The molecule has 106 valence electrons. The fourth-order valence-corrected chi connectivity index (χ4v) is 2.74. The van der Waals surface area contributed by atoms with Crippen LogP contribution in [0.15, 0.2) is 24.3 Å². The van der Waals surface area contributed by atoms with E-state index >= 15 is 0 Å². The quantitative estimate of drug-likeness (QED) is 0.363. The van der Waals surface area contributed by atoms with Crippen LogP contribution in [-0.4, -0.2) is 34.2 Å². The minimum Gasteiger partial charge on any atom is -0.379 e. The van der Waals surface area contributed by atoms with Crippen molar-refractivity contribution < 1.29 is 9.59 Å². The summed E-state index contributed by atoms with van der Waals surface area (Å²) in [5.74, 6) is 0.421. The summed E-state index contributed by atoms with van der Waals surface area (Å²) in [6, 6.07) is 6.93. The molecule has 0 saturated heterocycles. The van der Waals surface area contributed by atoms with E-state index in [1.165, 1.54) is 16.7 Å². The number of fused-ring (bicyclic) bond motifs is 1. The van der Waals surface area contributed by atoms with Gasteiger partial charge in [-0.2, -0.15) is 0 Å². The number of rotatable bonds is 6. The third-order valence-electron chi connectivity index (χ3n) is 3.16. The summed E-state index contributed by atoms with van der Waals surface area (Å²) in [7, 11) is 0. The van der Waals surface area contributed by atoms with Crippen molar-refractivity contribution in [1.29, 1.82) is 5.41 Å². The zero-order chi connectivity index (χ0) is 14.5. The summed E-state index contributed by atoms with van der Waals surface area (Å²) in [6.45, 7) is 0.455. The van der Waals surface area contributed by atoms with Gasteiger partial charge in [0.25, 0.3) is 11.8 Å². The number of benzene rings is 1. The van der Waals surface area contributed by atoms with E-state index in [1.807, 2.05) is 0 Å². The third kappa shape index (κ3) is 3.19. The average Bonchev–Trinajstić information content (AvgIpc) is 2.67. The van der Waals surface area contributed by atoms with Crippen molar-refractivity contribution in [1.82, 2.24) is 4.90 Å². The normalized spacial score (nSPS) is 13.7. The van der Waals surface area contributed by atoms with E-state index in [-0.39, 0.29) is 17.0 Å². The lowest BCUT2D eigenvalue weighted by molar-refractivity contribution is 0.0651. The maximum absolute atomic E-state index is 12.1. The molecule has 0 saturated carbocycles. The number of imide groups is 1. The number of unbranched alkanes of at least 4 members (excludes halogenated alkanes) is 2. The molecule has 0 bridgehead atoms. The lowest BCUT2D eigenvalue weighted by Crippen LogP contribution is -2.30. The van der Waals surface area contributed by atoms with Crippen LogP contribution >= 0.6 is 11.8 Å². The maximum Gasteiger partial charge on any atom is 0.261 e. The van der Waals surface area contributed by atoms with E-state index < -0.39 is 0 Å². The molecule has 0 spiro atoms. The number of amidine groups is 1. The Balaban J connectivity index is 1.79. The van der Waals surface area contributed by atoms with Gasteiger partial charge < -0.3 is 5.73 Å². The van der Waals surface area contributed by atoms with Crippen molar-refractivity contribution in [2.45, 2.75) is 19.3 Å². The summed E-state index contributed by atoms with van der Waals surface area (Å²) in [5.41, 5.74) is 6.25. The van der Waals surface area contributed by atoms with Crippen molar-refractivity contribution >= 4 is 28.7 Å². The topological polar surface area (TPSA) is 87.2 Å². The Bertz CT molecular complexity index is 510. The average molecular weight is 291 g/mol. The Kier molecular flexibility index (Phi) is 4.79. The third-order valence-corrected chi connectivity index (χ3v) is 3.97. The van der Waals surface area contributed by atoms with Gasteiger partial charge in [0, 0.05) is 12.3 Å². The molecular weight excluding hydrogens is 274 g/mol. The predicted molar refractivity (Wildman–Crippen MR) is 80.0 cm³/mol. The van der Waals surface area contributed by atoms with Crippen molar-refractivity contribution in [3.05, 3.63) is 35.4 Å². The minimum absolute atomic E-state index is 0.130. The largest absolute Gasteiger partial charge is 0.379 e. The number of nitrogens with one attached hydrogen (secondary N) is 1. The van der Waals surface area contributed by atoms with Crippen LogP contribution in [0.5, 0.6) is 0 Å². The lowest BCUT2D eigenvalue weighted by atomic mass is 10.1. The monoisotopic (exact) mass is 291 g/mol. The van der Waals surface area contributed by atoms with Gasteiger partial charge in [-0.15, -0.1) is 0 Å². The second-order valence-corrected chi connectivity index (χ2v) is 5.72. The standard InChI is InChI=1S/C14H17N3O2S/c15-14(16)20-9-5-1-4-8-17-12(18)10-6-2-3-7-11(10)13(17)19/h2-3,6-7H,1,4-5,8-9H2,(H3,15,16). The molecule has 2 rings (SSSR count). The van der Waals surface area contributed by atoms with Gasteiger partial charge in [0.1, 0.15) is 0 Å². The SMILES string of the molecule is N=C(N)SCCCCCN1C(=O)c2ccccc2C1=O. The molecule has 5 nitrogen and oxygen atoms in total. The molecule has 6 heteroatoms. The van der Waals surface area contributed by atoms with Crippen LogP contribution in [0.25, 0.3) is 0 Å². The summed E-state index contributed by atoms with van der Waals surface area (Å²) in [5, 5.41) is 7.21. The van der Waals surface area contributed by atoms with Gasteiger partial charge in [-0.25, -0.2) is 0 Å². The number of nitrogens with two attached hydrogens (primary N) is 1. The Hall–Kier alpha value is -1.82. The van der Waals surface area contributed by atoms with E-state index in [4.69, 9.17) is 11.1 Å². The van der Waals surface area contributed by atoms with Crippen LogP contribution in [0.3, 0.4) is 0 Å². The molecule has 0 radical (unpaired) electrons. The first-order chi connectivity index (χ1) is 9.61. The molecule has 0 fully saturated rings. The Morgan fingerprint density at radius 2 is 1.70 bits per heavy atom. The van der Waals surface area contributed by atoms with Crippen LogP contribution in [0, 0.1) is 5.41 Å². The number of thioether (sulfide) groups is 1. The molecule has 1 aromatic rings. The summed E-state index contributed by atoms with van der Waals surface area (Å²) < 4.78 is 0. The number of hydrogen-bond donors (Lipinski definition) is 2. The van der Waals surface area contributed by atoms with Gasteiger partial charge in [-0.1, -0.05) is 30.3 Å². The molecule has 0 aliphatic carbocycles. The number of carbonyl (C=O) groups is 2. The maximum atomic E-state index is 12.1. The highest BCUT2D eigenvalue weighted by Gasteiger charge is 2.34. The lowest BCUT2D eigenvalue weighted by Gasteiger charge is -2.13. The predicted octanol–water partition coefficient (Wildman–Crippen LogP) is 2.08. The first kappa shape index (κ1) is 14.6. The fraction of sp³-hybridized carbons (Fsp3) is 0.357. The Labute approximate surface area is 122 Å². The van der Waals surface area contributed by atoms with Gasteiger partial charge in [0.15, 0.2) is 5.17 Å². The second-order valence-electron chi connectivity index (χ2n) is 4.58. The van der Waals surface area contributed by atoms with Gasteiger partial charge in [0.05, 0.1) is 11.1 Å². The van der Waals surface area contributed by atoms with Gasteiger partial charge >= 0.3 is 0 Å². The molecule has 1 heterocycles. The van der Waals surface area contributed by atoms with E-state index in [0.717, 1.165) is 25.0 Å². The molecule has 2 amide bonds. The molecular formula is C14H17N3O2S. The number of nitrogens with zero attached hydrogens (tertiary/aromatic N) is 1. The van der Waals surface area contributed by atoms with E-state index in [1.54, 1.807) is 24.3 Å². The molecule has 1 aliphatic rings. The van der Waals surface area contributed by atoms with E-state index in [2.05, 4.69) is 0 Å². The highest BCUT2D eigenvalue weighted by Crippen LogP contribution is 2.22. The first-order valence-electron chi connectivity index (χ1n) is 6.53. The smallest absolute Gasteiger partial charge is 0.261 e. The van der Waals surface area contributed by atoms with Gasteiger partial charge in [0.2, 0.25) is 0 Å². The number of amides is 2. The van der Waals surface area contributed by atoms with Gasteiger partial charge in [-0.3, -0.25) is 19.9 Å². The molecule has 0 unspecified atom stereocenters. The van der Waals surface area contributed by atoms with Crippen LogP contribution in [-0.2, 0) is 0 Å². The first-order valence-corrected chi connectivity index (χ1v) is 7.52. The summed E-state index contributed by atoms with van der Waals surface area (Å²) in [6.07, 6.45) is 2.62. The Morgan fingerprint density at radius 1 is 1.10 bits per heavy atom. The highest BCUT2D eigenvalue weighted by atomic mass is 32.2. The van der Waals surface area contributed by atoms with Crippen molar-refractivity contribution in [3.8, 4) is 0 Å². The minimum atomic E-state index is -0.191. The van der Waals surface area contributed by atoms with Crippen molar-refractivity contribution in [2.75, 3.05) is 12.3 Å². The van der Waals surface area contributed by atoms with Gasteiger partial charge in [-0.05, 0) is 25.0 Å². The molecule has 20 heavy (non-hydrogen) atoms. The molecule has 1 aliphatic heterocycles. The van der Waals surface area contributed by atoms with Crippen LogP contribution < -0.4 is 5.73 Å². The zero-order valence-corrected chi connectivity index (χ0v) is 11.9. The second kappa shape index (κ2) is 6.56. The molecule has 0 aromatic heterocycles. The molecule has 3 N–H and O–H groups in total. The van der Waals surface area contributed by atoms with Crippen LogP contribution in [0.4, 0.5) is 0 Å². The number of carbonyl (C=O) groups excluding carboxylic acids is 2. The zero-order valence-electron chi connectivity index (χ0n) is 11.1. The number of hydrogen-bond acceptors (Lipinski definition) is 4.